The van der Waals surface area contributed by atoms with Crippen molar-refractivity contribution in [3.8, 4) is 6.07 Å². The van der Waals surface area contributed by atoms with Crippen molar-refractivity contribution in [2.75, 3.05) is 38.2 Å². The molecule has 1 aromatic heterocycles. The van der Waals surface area contributed by atoms with E-state index in [9.17, 15) is 4.79 Å². The molecule has 0 aliphatic carbocycles. The van der Waals surface area contributed by atoms with Crippen LogP contribution >= 0.6 is 11.3 Å². The van der Waals surface area contributed by atoms with Crippen LogP contribution in [0.3, 0.4) is 0 Å². The lowest BCUT2D eigenvalue weighted by molar-refractivity contribution is -0.118. The van der Waals surface area contributed by atoms with Crippen molar-refractivity contribution in [2.45, 2.75) is 18.9 Å². The van der Waals surface area contributed by atoms with Crippen molar-refractivity contribution >= 4 is 22.2 Å². The Bertz CT molecular complexity index is 504. The first-order valence-corrected chi connectivity index (χ1v) is 7.83. The molecule has 114 valence electrons. The highest BCUT2D eigenvalue weighted by atomic mass is 32.1. The van der Waals surface area contributed by atoms with E-state index < -0.39 is 0 Å². The molecule has 1 fully saturated rings. The maximum atomic E-state index is 12.0. The Morgan fingerprint density at radius 1 is 1.57 bits per heavy atom. The van der Waals surface area contributed by atoms with Crippen LogP contribution in [0.25, 0.3) is 0 Å². The van der Waals surface area contributed by atoms with Gasteiger partial charge in [-0.25, -0.2) is 0 Å². The number of aliphatic hydroxyl groups is 1. The van der Waals surface area contributed by atoms with Crippen LogP contribution in [0.2, 0.25) is 0 Å². The fourth-order valence-electron chi connectivity index (χ4n) is 2.32. The number of nitrogens with zero attached hydrogens (tertiary/aromatic N) is 2. The summed E-state index contributed by atoms with van der Waals surface area (Å²) < 4.78 is 5.49. The maximum Gasteiger partial charge on any atom is 0.239 e. The molecule has 2 heterocycles. The second-order valence-corrected chi connectivity index (χ2v) is 5.81. The number of carbonyl (C=O) groups is 1. The van der Waals surface area contributed by atoms with E-state index in [0.717, 1.165) is 25.9 Å². The molecule has 6 nitrogen and oxygen atoms in total. The highest BCUT2D eigenvalue weighted by molar-refractivity contribution is 7.14. The highest BCUT2D eigenvalue weighted by Gasteiger charge is 2.21. The summed E-state index contributed by atoms with van der Waals surface area (Å²) in [5.74, 6) is -0.0938. The van der Waals surface area contributed by atoms with E-state index in [0.29, 0.717) is 23.7 Å². The second kappa shape index (κ2) is 8.10. The zero-order valence-electron chi connectivity index (χ0n) is 11.7. The molecule has 0 radical (unpaired) electrons. The quantitative estimate of drug-likeness (QED) is 0.820. The number of nitriles is 1. The number of ether oxygens (including phenoxy) is 1. The lowest BCUT2D eigenvalue weighted by Crippen LogP contribution is -2.41. The fraction of sp³-hybridized carbons (Fsp3) is 0.571. The predicted molar refractivity (Wildman–Crippen MR) is 80.2 cm³/mol. The molecule has 2 rings (SSSR count). The predicted octanol–water partition coefficient (Wildman–Crippen LogP) is 1.03. The summed E-state index contributed by atoms with van der Waals surface area (Å²) >= 11 is 1.36. The van der Waals surface area contributed by atoms with Crippen molar-refractivity contribution in [3.63, 3.8) is 0 Å². The third-order valence-electron chi connectivity index (χ3n) is 3.39. The Labute approximate surface area is 127 Å². The van der Waals surface area contributed by atoms with Crippen LogP contribution < -0.4 is 5.32 Å². The minimum atomic E-state index is -0.0938. The first kappa shape index (κ1) is 15.9. The summed E-state index contributed by atoms with van der Waals surface area (Å²) in [5, 5.41) is 22.8. The molecular weight excluding hydrogens is 290 g/mol. The Kier molecular flexibility index (Phi) is 6.14. The first-order valence-electron chi connectivity index (χ1n) is 6.95. The lowest BCUT2D eigenvalue weighted by atomic mass is 10.1. The smallest absolute Gasteiger partial charge is 0.239 e. The van der Waals surface area contributed by atoms with Crippen molar-refractivity contribution in [1.29, 1.82) is 5.26 Å². The molecule has 21 heavy (non-hydrogen) atoms. The Morgan fingerprint density at radius 2 is 2.33 bits per heavy atom. The number of hydrogen-bond donors (Lipinski definition) is 2. The number of carbonyl (C=O) groups excluding carboxylic acids is 1. The summed E-state index contributed by atoms with van der Waals surface area (Å²) in [5.41, 5.74) is 0.504. The number of aliphatic hydroxyl groups excluding tert-OH is 1. The molecule has 0 atom stereocenters. The van der Waals surface area contributed by atoms with E-state index in [1.165, 1.54) is 11.3 Å². The molecule has 1 aliphatic rings. The van der Waals surface area contributed by atoms with Gasteiger partial charge in [-0.2, -0.15) is 5.26 Å². The molecule has 1 aliphatic heterocycles. The number of thiophene rings is 1. The SMILES string of the molecule is N#Cc1ccsc1NC(=O)CN1CCC(OCCO)CC1. The number of nitrogens with one attached hydrogen (secondary N) is 1. The Hall–Kier alpha value is -1.46. The van der Waals surface area contributed by atoms with Crippen LogP contribution in [-0.2, 0) is 9.53 Å². The normalized spacial score (nSPS) is 16.6. The molecule has 2 N–H and O–H groups in total. The van der Waals surface area contributed by atoms with Gasteiger partial charge in [0.2, 0.25) is 5.91 Å². The van der Waals surface area contributed by atoms with Gasteiger partial charge in [0.05, 0.1) is 31.4 Å². The van der Waals surface area contributed by atoms with Gasteiger partial charge in [-0.15, -0.1) is 11.3 Å². The topological polar surface area (TPSA) is 85.6 Å². The number of hydrogen-bond acceptors (Lipinski definition) is 6. The Balaban J connectivity index is 1.73. The molecule has 0 saturated carbocycles. The van der Waals surface area contributed by atoms with E-state index in [1.807, 2.05) is 0 Å². The van der Waals surface area contributed by atoms with E-state index in [4.69, 9.17) is 15.1 Å². The van der Waals surface area contributed by atoms with Gasteiger partial charge in [-0.1, -0.05) is 0 Å². The molecule has 0 unspecified atom stereocenters. The van der Waals surface area contributed by atoms with Gasteiger partial charge in [-0.3, -0.25) is 9.69 Å². The van der Waals surface area contributed by atoms with Gasteiger partial charge in [-0.05, 0) is 24.3 Å². The van der Waals surface area contributed by atoms with Gasteiger partial charge in [0, 0.05) is 13.1 Å². The molecule has 0 aromatic carbocycles. The third kappa shape index (κ3) is 4.79. The van der Waals surface area contributed by atoms with Crippen LogP contribution in [0, 0.1) is 11.3 Å². The summed E-state index contributed by atoms with van der Waals surface area (Å²) in [7, 11) is 0. The molecule has 1 saturated heterocycles. The summed E-state index contributed by atoms with van der Waals surface area (Å²) in [6.07, 6.45) is 1.92. The number of likely N-dealkylation sites (tertiary alicyclic amines) is 1. The second-order valence-electron chi connectivity index (χ2n) is 4.89. The minimum absolute atomic E-state index is 0.0463. The summed E-state index contributed by atoms with van der Waals surface area (Å²) in [4.78, 5) is 14.1. The van der Waals surface area contributed by atoms with Crippen LogP contribution in [0.1, 0.15) is 18.4 Å². The zero-order valence-corrected chi connectivity index (χ0v) is 12.6. The number of rotatable bonds is 6. The maximum absolute atomic E-state index is 12.0. The zero-order chi connectivity index (χ0) is 15.1. The largest absolute Gasteiger partial charge is 0.394 e. The van der Waals surface area contributed by atoms with E-state index in [1.54, 1.807) is 11.4 Å². The van der Waals surface area contributed by atoms with Gasteiger partial charge in [0.25, 0.3) is 0 Å². The molecule has 0 bridgehead atoms. The molecule has 1 amide bonds. The average Bonchev–Trinajstić information content (AvgIpc) is 2.93. The standard InChI is InChI=1S/C14H19N3O3S/c15-9-11-3-8-21-14(11)16-13(19)10-17-4-1-12(2-5-17)20-7-6-18/h3,8,12,18H,1-2,4-7,10H2,(H,16,19). The van der Waals surface area contributed by atoms with E-state index >= 15 is 0 Å². The van der Waals surface area contributed by atoms with Gasteiger partial charge in [0.1, 0.15) is 11.1 Å². The number of amides is 1. The van der Waals surface area contributed by atoms with Crippen molar-refractivity contribution in [2.24, 2.45) is 0 Å². The van der Waals surface area contributed by atoms with Crippen LogP contribution in [0.5, 0.6) is 0 Å². The van der Waals surface area contributed by atoms with Crippen LogP contribution in [0.15, 0.2) is 11.4 Å². The van der Waals surface area contributed by atoms with Crippen molar-refractivity contribution < 1.29 is 14.6 Å². The van der Waals surface area contributed by atoms with E-state index in [-0.39, 0.29) is 18.6 Å². The number of piperidine rings is 1. The minimum Gasteiger partial charge on any atom is -0.394 e. The van der Waals surface area contributed by atoms with Crippen molar-refractivity contribution in [3.05, 3.63) is 17.0 Å². The molecular formula is C14H19N3O3S. The van der Waals surface area contributed by atoms with E-state index in [2.05, 4.69) is 16.3 Å². The van der Waals surface area contributed by atoms with Crippen LogP contribution in [0.4, 0.5) is 5.00 Å². The molecule has 0 spiro atoms. The first-order chi connectivity index (χ1) is 10.2. The van der Waals surface area contributed by atoms with Crippen molar-refractivity contribution in [1.82, 2.24) is 4.90 Å². The molecule has 7 heteroatoms. The lowest BCUT2D eigenvalue weighted by Gasteiger charge is -2.31. The van der Waals surface area contributed by atoms with Gasteiger partial charge >= 0.3 is 0 Å². The van der Waals surface area contributed by atoms with Gasteiger partial charge in [0.15, 0.2) is 0 Å². The molecule has 1 aromatic rings. The average molecular weight is 309 g/mol. The number of anilines is 1. The third-order valence-corrected chi connectivity index (χ3v) is 4.22. The van der Waals surface area contributed by atoms with Gasteiger partial charge < -0.3 is 15.2 Å². The Morgan fingerprint density at radius 3 is 3.00 bits per heavy atom. The van der Waals surface area contributed by atoms with Crippen LogP contribution in [-0.4, -0.2) is 54.9 Å². The highest BCUT2D eigenvalue weighted by Crippen LogP contribution is 2.22. The summed E-state index contributed by atoms with van der Waals surface area (Å²) in [6.45, 7) is 2.36. The monoisotopic (exact) mass is 309 g/mol. The fourth-order valence-corrected chi connectivity index (χ4v) is 3.07. The summed E-state index contributed by atoms with van der Waals surface area (Å²) in [6, 6.07) is 3.75.